The lowest BCUT2D eigenvalue weighted by molar-refractivity contribution is 0.809. The van der Waals surface area contributed by atoms with Crippen molar-refractivity contribution in [3.05, 3.63) is 75.9 Å². The molecule has 0 amide bonds. The minimum absolute atomic E-state index is 0.541. The van der Waals surface area contributed by atoms with E-state index in [0.717, 1.165) is 30.7 Å². The summed E-state index contributed by atoms with van der Waals surface area (Å²) in [5.41, 5.74) is 7.47. The maximum absolute atomic E-state index is 6.53. The standard InChI is InChI=1S/C21H21Cl/c22-21-12-5-4-9-18-17-11-6-10-16(15-7-2-1-3-8-15)19(17)13-14-20(18)21/h1-3,6-7,10-12,15H,4-5,8-9,13-14H2. The molecule has 0 saturated carbocycles. The van der Waals surface area contributed by atoms with Crippen molar-refractivity contribution in [2.45, 2.75) is 44.4 Å². The molecule has 1 aromatic rings. The summed E-state index contributed by atoms with van der Waals surface area (Å²) in [7, 11) is 0. The lowest BCUT2D eigenvalue weighted by Gasteiger charge is -2.27. The average molecular weight is 309 g/mol. The van der Waals surface area contributed by atoms with Crippen LogP contribution >= 0.6 is 11.6 Å². The van der Waals surface area contributed by atoms with Crippen LogP contribution in [0.3, 0.4) is 0 Å². The molecule has 112 valence electrons. The Balaban J connectivity index is 1.81. The number of hydrogen-bond acceptors (Lipinski definition) is 0. The predicted molar refractivity (Wildman–Crippen MR) is 95.1 cm³/mol. The van der Waals surface area contributed by atoms with E-state index >= 15 is 0 Å². The van der Waals surface area contributed by atoms with Crippen molar-refractivity contribution in [2.75, 3.05) is 0 Å². The van der Waals surface area contributed by atoms with Crippen LogP contribution < -0.4 is 0 Å². The van der Waals surface area contributed by atoms with E-state index in [2.05, 4.69) is 48.6 Å². The van der Waals surface area contributed by atoms with Crippen LogP contribution in [0.2, 0.25) is 0 Å². The van der Waals surface area contributed by atoms with Crippen LogP contribution in [0.25, 0.3) is 5.57 Å². The molecule has 0 radical (unpaired) electrons. The second-order valence-corrected chi connectivity index (χ2v) is 6.84. The van der Waals surface area contributed by atoms with Crippen LogP contribution in [-0.4, -0.2) is 0 Å². The van der Waals surface area contributed by atoms with Gasteiger partial charge < -0.3 is 0 Å². The SMILES string of the molecule is ClC1=CCCCC2=C1CCc1c2cccc1C1C=CC=CC1. The van der Waals surface area contributed by atoms with Gasteiger partial charge in [0.05, 0.1) is 0 Å². The van der Waals surface area contributed by atoms with Crippen molar-refractivity contribution < 1.29 is 0 Å². The molecule has 0 heterocycles. The summed E-state index contributed by atoms with van der Waals surface area (Å²) in [6, 6.07) is 6.87. The summed E-state index contributed by atoms with van der Waals surface area (Å²) < 4.78 is 0. The summed E-state index contributed by atoms with van der Waals surface area (Å²) in [6.45, 7) is 0. The van der Waals surface area contributed by atoms with E-state index in [9.17, 15) is 0 Å². The highest BCUT2D eigenvalue weighted by molar-refractivity contribution is 6.32. The van der Waals surface area contributed by atoms with Gasteiger partial charge in [-0.25, -0.2) is 0 Å². The summed E-state index contributed by atoms with van der Waals surface area (Å²) in [5.74, 6) is 0.541. The molecule has 1 heteroatoms. The first-order valence-electron chi connectivity index (χ1n) is 8.38. The van der Waals surface area contributed by atoms with E-state index in [1.54, 1.807) is 5.56 Å². The molecule has 3 aliphatic rings. The number of hydrogen-bond donors (Lipinski definition) is 0. The highest BCUT2D eigenvalue weighted by Gasteiger charge is 2.25. The van der Waals surface area contributed by atoms with Gasteiger partial charge in [0.15, 0.2) is 0 Å². The quantitative estimate of drug-likeness (QED) is 0.571. The molecule has 1 atom stereocenters. The number of halogens is 1. The van der Waals surface area contributed by atoms with Crippen molar-refractivity contribution in [1.29, 1.82) is 0 Å². The van der Waals surface area contributed by atoms with Crippen LogP contribution in [0.5, 0.6) is 0 Å². The van der Waals surface area contributed by atoms with Gasteiger partial charge in [-0.2, -0.15) is 0 Å². The van der Waals surface area contributed by atoms with Crippen LogP contribution in [0.15, 0.2) is 59.2 Å². The Labute approximate surface area is 137 Å². The molecule has 0 fully saturated rings. The molecule has 3 aliphatic carbocycles. The first-order valence-corrected chi connectivity index (χ1v) is 8.76. The molecule has 0 aliphatic heterocycles. The zero-order valence-corrected chi connectivity index (χ0v) is 13.6. The second-order valence-electron chi connectivity index (χ2n) is 6.43. The smallest absolute Gasteiger partial charge is 0.0401 e. The first-order chi connectivity index (χ1) is 10.8. The van der Waals surface area contributed by atoms with Gasteiger partial charge in [0.25, 0.3) is 0 Å². The Hall–Kier alpha value is -1.53. The van der Waals surface area contributed by atoms with Gasteiger partial charge in [0.1, 0.15) is 0 Å². The van der Waals surface area contributed by atoms with Gasteiger partial charge >= 0.3 is 0 Å². The number of allylic oxidation sites excluding steroid dienone is 8. The zero-order chi connectivity index (χ0) is 14.9. The molecule has 0 bridgehead atoms. The van der Waals surface area contributed by atoms with Gasteiger partial charge in [-0.15, -0.1) is 0 Å². The van der Waals surface area contributed by atoms with Gasteiger partial charge in [-0.3, -0.25) is 0 Å². The van der Waals surface area contributed by atoms with Crippen LogP contribution in [0.4, 0.5) is 0 Å². The molecular weight excluding hydrogens is 288 g/mol. The number of fused-ring (bicyclic) bond motifs is 2. The minimum atomic E-state index is 0.541. The van der Waals surface area contributed by atoms with Crippen molar-refractivity contribution in [1.82, 2.24) is 0 Å². The Bertz CT molecular complexity index is 715. The van der Waals surface area contributed by atoms with Gasteiger partial charge in [-0.05, 0) is 66.4 Å². The summed E-state index contributed by atoms with van der Waals surface area (Å²) in [4.78, 5) is 0. The minimum Gasteiger partial charge on any atom is -0.0844 e. The maximum atomic E-state index is 6.53. The lowest BCUT2D eigenvalue weighted by Crippen LogP contribution is -2.10. The molecule has 4 rings (SSSR count). The largest absolute Gasteiger partial charge is 0.0844 e. The summed E-state index contributed by atoms with van der Waals surface area (Å²) in [6.07, 6.45) is 18.0. The van der Waals surface area contributed by atoms with E-state index in [-0.39, 0.29) is 0 Å². The number of rotatable bonds is 1. The fourth-order valence-corrected chi connectivity index (χ4v) is 4.39. The molecule has 0 N–H and O–H groups in total. The summed E-state index contributed by atoms with van der Waals surface area (Å²) in [5, 5.41) is 1.00. The maximum Gasteiger partial charge on any atom is 0.0401 e. The van der Waals surface area contributed by atoms with Gasteiger partial charge in [0, 0.05) is 11.0 Å². The molecule has 0 nitrogen and oxygen atoms in total. The topological polar surface area (TPSA) is 0 Å². The third kappa shape index (κ3) is 2.40. The fraction of sp³-hybridized carbons (Fsp3) is 0.333. The Morgan fingerprint density at radius 1 is 1.00 bits per heavy atom. The Morgan fingerprint density at radius 2 is 1.95 bits per heavy atom. The third-order valence-corrected chi connectivity index (χ3v) is 5.53. The molecule has 1 aromatic carbocycles. The highest BCUT2D eigenvalue weighted by atomic mass is 35.5. The van der Waals surface area contributed by atoms with Crippen LogP contribution in [-0.2, 0) is 6.42 Å². The van der Waals surface area contributed by atoms with Gasteiger partial charge in [0.2, 0.25) is 0 Å². The first kappa shape index (κ1) is 14.1. The van der Waals surface area contributed by atoms with Crippen molar-refractivity contribution >= 4 is 17.2 Å². The average Bonchev–Trinajstić information content (AvgIpc) is 2.77. The van der Waals surface area contributed by atoms with Crippen molar-refractivity contribution in [2.24, 2.45) is 0 Å². The van der Waals surface area contributed by atoms with E-state index < -0.39 is 0 Å². The Morgan fingerprint density at radius 3 is 2.82 bits per heavy atom. The van der Waals surface area contributed by atoms with E-state index in [4.69, 9.17) is 11.6 Å². The monoisotopic (exact) mass is 308 g/mol. The molecule has 22 heavy (non-hydrogen) atoms. The molecular formula is C21H21Cl. The van der Waals surface area contributed by atoms with Gasteiger partial charge in [-0.1, -0.05) is 60.2 Å². The van der Waals surface area contributed by atoms with Crippen molar-refractivity contribution in [3.63, 3.8) is 0 Å². The van der Waals surface area contributed by atoms with Crippen molar-refractivity contribution in [3.8, 4) is 0 Å². The summed E-state index contributed by atoms with van der Waals surface area (Å²) >= 11 is 6.53. The molecule has 0 aromatic heterocycles. The van der Waals surface area contributed by atoms with Crippen LogP contribution in [0, 0.1) is 0 Å². The third-order valence-electron chi connectivity index (χ3n) is 5.15. The highest BCUT2D eigenvalue weighted by Crippen LogP contribution is 2.43. The number of benzene rings is 1. The lowest BCUT2D eigenvalue weighted by atomic mass is 9.78. The predicted octanol–water partition coefficient (Wildman–Crippen LogP) is 6.29. The second kappa shape index (κ2) is 5.93. The molecule has 0 saturated heterocycles. The normalized spacial score (nSPS) is 23.7. The van der Waals surface area contributed by atoms with E-state index in [1.807, 2.05) is 0 Å². The van der Waals surface area contributed by atoms with E-state index in [0.29, 0.717) is 5.92 Å². The zero-order valence-electron chi connectivity index (χ0n) is 12.8. The fourth-order valence-electron chi connectivity index (χ4n) is 4.07. The Kier molecular flexibility index (Phi) is 3.80. The van der Waals surface area contributed by atoms with Crippen LogP contribution in [0.1, 0.15) is 54.7 Å². The molecule has 0 spiro atoms. The van der Waals surface area contributed by atoms with E-state index in [1.165, 1.54) is 35.1 Å². The molecule has 1 unspecified atom stereocenters.